The molecule has 0 aliphatic carbocycles. The molecule has 2 heterocycles. The van der Waals surface area contributed by atoms with E-state index in [2.05, 4.69) is 62.2 Å². The van der Waals surface area contributed by atoms with Crippen molar-refractivity contribution < 1.29 is 0 Å². The van der Waals surface area contributed by atoms with Crippen molar-refractivity contribution in [1.29, 1.82) is 0 Å². The summed E-state index contributed by atoms with van der Waals surface area (Å²) in [5.74, 6) is 1.92. The van der Waals surface area contributed by atoms with Crippen LogP contribution in [-0.2, 0) is 0 Å². The Morgan fingerprint density at radius 3 is 2.80 bits per heavy atom. The van der Waals surface area contributed by atoms with Gasteiger partial charge in [0.1, 0.15) is 0 Å². The maximum absolute atomic E-state index is 3.68. The molecule has 0 bridgehead atoms. The van der Waals surface area contributed by atoms with Gasteiger partial charge in [-0.25, -0.2) is 0 Å². The van der Waals surface area contributed by atoms with E-state index < -0.39 is 0 Å². The molecule has 1 N–H and O–H groups in total. The number of nitrogens with zero attached hydrogens (tertiary/aromatic N) is 1. The van der Waals surface area contributed by atoms with E-state index in [0.29, 0.717) is 5.92 Å². The molecular formula is C17H26N2S. The third-order valence-electron chi connectivity index (χ3n) is 4.68. The fourth-order valence-corrected chi connectivity index (χ4v) is 4.51. The Bertz CT molecular complexity index is 496. The number of hydrogen-bond acceptors (Lipinski definition) is 3. The van der Waals surface area contributed by atoms with Crippen molar-refractivity contribution in [3.05, 3.63) is 29.8 Å². The highest BCUT2D eigenvalue weighted by Crippen LogP contribution is 2.40. The van der Waals surface area contributed by atoms with Gasteiger partial charge in [-0.2, -0.15) is 0 Å². The SMILES string of the molecule is CC1(C)CN(CC2CSc3ccccc32)C(C)(C)CN1. The van der Waals surface area contributed by atoms with Crippen LogP contribution in [0.15, 0.2) is 29.2 Å². The predicted molar refractivity (Wildman–Crippen MR) is 87.6 cm³/mol. The van der Waals surface area contributed by atoms with Crippen molar-refractivity contribution in [2.75, 3.05) is 25.4 Å². The first-order valence-electron chi connectivity index (χ1n) is 7.59. The largest absolute Gasteiger partial charge is 0.309 e. The molecule has 1 fully saturated rings. The molecule has 3 heteroatoms. The van der Waals surface area contributed by atoms with E-state index in [1.54, 1.807) is 5.56 Å². The summed E-state index contributed by atoms with van der Waals surface area (Å²) in [6, 6.07) is 8.93. The van der Waals surface area contributed by atoms with Gasteiger partial charge in [-0.3, -0.25) is 4.90 Å². The molecule has 110 valence electrons. The number of rotatable bonds is 2. The fourth-order valence-electron chi connectivity index (χ4n) is 3.27. The molecule has 1 unspecified atom stereocenters. The molecule has 0 saturated carbocycles. The van der Waals surface area contributed by atoms with E-state index in [1.165, 1.54) is 17.2 Å². The summed E-state index contributed by atoms with van der Waals surface area (Å²) in [6.45, 7) is 12.7. The van der Waals surface area contributed by atoms with E-state index in [9.17, 15) is 0 Å². The number of nitrogens with one attached hydrogen (secondary N) is 1. The highest BCUT2D eigenvalue weighted by Gasteiger charge is 2.39. The van der Waals surface area contributed by atoms with E-state index in [4.69, 9.17) is 0 Å². The number of piperazine rings is 1. The van der Waals surface area contributed by atoms with Crippen LogP contribution in [0.25, 0.3) is 0 Å². The Labute approximate surface area is 127 Å². The van der Waals surface area contributed by atoms with Crippen LogP contribution in [0.1, 0.15) is 39.2 Å². The normalized spacial score (nSPS) is 28.3. The van der Waals surface area contributed by atoms with Crippen LogP contribution in [0.3, 0.4) is 0 Å². The van der Waals surface area contributed by atoms with Crippen LogP contribution in [0, 0.1) is 0 Å². The summed E-state index contributed by atoms with van der Waals surface area (Å²) >= 11 is 2.02. The zero-order valence-electron chi connectivity index (χ0n) is 13.1. The number of fused-ring (bicyclic) bond motifs is 1. The summed E-state index contributed by atoms with van der Waals surface area (Å²) in [5.41, 5.74) is 2.03. The molecule has 1 atom stereocenters. The predicted octanol–water partition coefficient (Wildman–Crippen LogP) is 3.34. The molecule has 2 aliphatic heterocycles. The van der Waals surface area contributed by atoms with Crippen molar-refractivity contribution in [2.24, 2.45) is 0 Å². The van der Waals surface area contributed by atoms with Crippen molar-refractivity contribution in [1.82, 2.24) is 10.2 Å². The van der Waals surface area contributed by atoms with Gasteiger partial charge in [-0.05, 0) is 39.3 Å². The van der Waals surface area contributed by atoms with Gasteiger partial charge in [0.15, 0.2) is 0 Å². The lowest BCUT2D eigenvalue weighted by atomic mass is 9.89. The maximum Gasteiger partial charge on any atom is 0.0278 e. The first kappa shape index (κ1) is 14.4. The van der Waals surface area contributed by atoms with Crippen LogP contribution >= 0.6 is 11.8 Å². The zero-order chi connectivity index (χ0) is 14.4. The van der Waals surface area contributed by atoms with Crippen molar-refractivity contribution in [2.45, 2.75) is 49.6 Å². The lowest BCUT2D eigenvalue weighted by Gasteiger charge is -2.50. The summed E-state index contributed by atoms with van der Waals surface area (Å²) in [5, 5.41) is 3.68. The molecule has 0 amide bonds. The molecule has 0 spiro atoms. The molecule has 1 saturated heterocycles. The number of hydrogen-bond donors (Lipinski definition) is 1. The second-order valence-corrected chi connectivity index (χ2v) is 8.54. The fraction of sp³-hybridized carbons (Fsp3) is 0.647. The Morgan fingerprint density at radius 1 is 1.25 bits per heavy atom. The first-order valence-corrected chi connectivity index (χ1v) is 8.58. The lowest BCUT2D eigenvalue weighted by Crippen LogP contribution is -2.66. The van der Waals surface area contributed by atoms with Gasteiger partial charge in [0.05, 0.1) is 0 Å². The van der Waals surface area contributed by atoms with E-state index in [1.807, 2.05) is 11.8 Å². The standard InChI is InChI=1S/C17H26N2S/c1-16(2)12-19(17(3,4)11-18-16)9-13-10-20-15-8-6-5-7-14(13)15/h5-8,13,18H,9-12H2,1-4H3. The number of benzene rings is 1. The zero-order valence-corrected chi connectivity index (χ0v) is 13.9. The summed E-state index contributed by atoms with van der Waals surface area (Å²) in [6.07, 6.45) is 0. The van der Waals surface area contributed by atoms with Crippen LogP contribution < -0.4 is 5.32 Å². The summed E-state index contributed by atoms with van der Waals surface area (Å²) in [4.78, 5) is 4.18. The minimum absolute atomic E-state index is 0.223. The monoisotopic (exact) mass is 290 g/mol. The average molecular weight is 290 g/mol. The topological polar surface area (TPSA) is 15.3 Å². The second-order valence-electron chi connectivity index (χ2n) is 7.48. The van der Waals surface area contributed by atoms with Crippen molar-refractivity contribution in [3.8, 4) is 0 Å². The van der Waals surface area contributed by atoms with Crippen LogP contribution in [-0.4, -0.2) is 41.4 Å². The highest BCUT2D eigenvalue weighted by atomic mass is 32.2. The second kappa shape index (κ2) is 5.04. The number of thioether (sulfide) groups is 1. The van der Waals surface area contributed by atoms with Gasteiger partial charge in [0.2, 0.25) is 0 Å². The Hall–Kier alpha value is -0.510. The van der Waals surface area contributed by atoms with Gasteiger partial charge in [-0.1, -0.05) is 18.2 Å². The van der Waals surface area contributed by atoms with Gasteiger partial charge < -0.3 is 5.32 Å². The first-order chi connectivity index (χ1) is 9.37. The van der Waals surface area contributed by atoms with E-state index >= 15 is 0 Å². The van der Waals surface area contributed by atoms with Gasteiger partial charge in [0, 0.05) is 47.3 Å². The lowest BCUT2D eigenvalue weighted by molar-refractivity contribution is 0.0357. The van der Waals surface area contributed by atoms with Crippen molar-refractivity contribution in [3.63, 3.8) is 0 Å². The van der Waals surface area contributed by atoms with Crippen molar-refractivity contribution >= 4 is 11.8 Å². The van der Waals surface area contributed by atoms with Crippen LogP contribution in [0.4, 0.5) is 0 Å². The Kier molecular flexibility index (Phi) is 3.64. The van der Waals surface area contributed by atoms with Crippen LogP contribution in [0.5, 0.6) is 0 Å². The van der Waals surface area contributed by atoms with Gasteiger partial charge in [-0.15, -0.1) is 11.8 Å². The molecule has 20 heavy (non-hydrogen) atoms. The molecule has 2 aliphatic rings. The molecular weight excluding hydrogens is 264 g/mol. The summed E-state index contributed by atoms with van der Waals surface area (Å²) in [7, 11) is 0. The molecule has 1 aromatic carbocycles. The molecule has 0 aromatic heterocycles. The van der Waals surface area contributed by atoms with Crippen LogP contribution in [0.2, 0.25) is 0 Å². The highest BCUT2D eigenvalue weighted by molar-refractivity contribution is 7.99. The van der Waals surface area contributed by atoms with Gasteiger partial charge >= 0.3 is 0 Å². The summed E-state index contributed by atoms with van der Waals surface area (Å²) < 4.78 is 0. The average Bonchev–Trinajstić information content (AvgIpc) is 2.78. The Balaban J connectivity index is 1.77. The Morgan fingerprint density at radius 2 is 2.00 bits per heavy atom. The molecule has 0 radical (unpaired) electrons. The molecule has 2 nitrogen and oxygen atoms in total. The third kappa shape index (κ3) is 2.76. The third-order valence-corrected chi connectivity index (χ3v) is 5.93. The van der Waals surface area contributed by atoms with E-state index in [0.717, 1.165) is 13.1 Å². The maximum atomic E-state index is 3.68. The van der Waals surface area contributed by atoms with E-state index in [-0.39, 0.29) is 11.1 Å². The quantitative estimate of drug-likeness (QED) is 0.899. The minimum Gasteiger partial charge on any atom is -0.309 e. The minimum atomic E-state index is 0.223. The molecule has 1 aromatic rings. The van der Waals surface area contributed by atoms with Gasteiger partial charge in [0.25, 0.3) is 0 Å². The molecule has 3 rings (SSSR count). The smallest absolute Gasteiger partial charge is 0.0278 e.